The van der Waals surface area contributed by atoms with Crippen LogP contribution in [0.4, 0.5) is 0 Å². The van der Waals surface area contributed by atoms with Gasteiger partial charge in [-0.3, -0.25) is 4.79 Å². The molecule has 0 aliphatic heterocycles. The molecule has 1 amide bonds. The Morgan fingerprint density at radius 3 is 2.19 bits per heavy atom. The normalized spacial score (nSPS) is 11.8. The van der Waals surface area contributed by atoms with E-state index in [1.165, 1.54) is 0 Å². The van der Waals surface area contributed by atoms with Crippen LogP contribution in [0, 0.1) is 0 Å². The highest BCUT2D eigenvalue weighted by atomic mass is 16.5. The zero-order valence-electron chi connectivity index (χ0n) is 17.8. The van der Waals surface area contributed by atoms with E-state index in [0.29, 0.717) is 17.9 Å². The first-order valence-electron chi connectivity index (χ1n) is 10.1. The maximum atomic E-state index is 12.8. The van der Waals surface area contributed by atoms with Gasteiger partial charge >= 0.3 is 0 Å². The highest BCUT2D eigenvalue weighted by Gasteiger charge is 2.19. The number of carbonyl (C=O) groups is 1. The predicted octanol–water partition coefficient (Wildman–Crippen LogP) is 4.59. The molecule has 1 heterocycles. The van der Waals surface area contributed by atoms with E-state index in [2.05, 4.69) is 9.88 Å². The van der Waals surface area contributed by atoms with Gasteiger partial charge in [-0.1, -0.05) is 24.3 Å². The fourth-order valence-corrected chi connectivity index (χ4v) is 3.59. The quantitative estimate of drug-likeness (QED) is 0.479. The maximum Gasteiger partial charge on any atom is 0.251 e. The highest BCUT2D eigenvalue weighted by Crippen LogP contribution is 2.23. The Morgan fingerprint density at radius 2 is 1.55 bits per heavy atom. The van der Waals surface area contributed by atoms with Gasteiger partial charge in [0.15, 0.2) is 0 Å². The van der Waals surface area contributed by atoms with Crippen molar-refractivity contribution in [3.05, 3.63) is 89.7 Å². The smallest absolute Gasteiger partial charge is 0.251 e. The Labute approximate surface area is 181 Å². The average Bonchev–Trinajstić information content (AvgIpc) is 3.18. The van der Waals surface area contributed by atoms with E-state index in [1.54, 1.807) is 38.5 Å². The molecule has 6 nitrogen and oxygen atoms in total. The fourth-order valence-electron chi connectivity index (χ4n) is 3.59. The van der Waals surface area contributed by atoms with Gasteiger partial charge in [0.1, 0.15) is 17.3 Å². The molecule has 0 spiro atoms. The van der Waals surface area contributed by atoms with Gasteiger partial charge in [-0.25, -0.2) is 4.98 Å². The van der Waals surface area contributed by atoms with Crippen molar-refractivity contribution in [1.29, 1.82) is 0 Å². The lowest BCUT2D eigenvalue weighted by atomic mass is 10.2. The average molecular weight is 415 g/mol. The van der Waals surface area contributed by atoms with Crippen LogP contribution < -0.4 is 14.8 Å². The number of methoxy groups -OCH3 is 2. The monoisotopic (exact) mass is 415 g/mol. The summed E-state index contributed by atoms with van der Waals surface area (Å²) in [5.74, 6) is 2.18. The van der Waals surface area contributed by atoms with E-state index in [0.717, 1.165) is 28.2 Å². The number of nitrogens with one attached hydrogen (secondary N) is 1. The minimum atomic E-state index is -0.278. The third-order valence-corrected chi connectivity index (χ3v) is 5.27. The van der Waals surface area contributed by atoms with Crippen LogP contribution in [0.1, 0.15) is 34.7 Å². The summed E-state index contributed by atoms with van der Waals surface area (Å²) in [5.41, 5.74) is 3.62. The molecular formula is C25H25N3O3. The number of imidazole rings is 1. The summed E-state index contributed by atoms with van der Waals surface area (Å²) in [4.78, 5) is 17.6. The van der Waals surface area contributed by atoms with Gasteiger partial charge in [-0.15, -0.1) is 0 Å². The summed E-state index contributed by atoms with van der Waals surface area (Å²) >= 11 is 0. The van der Waals surface area contributed by atoms with E-state index in [1.807, 2.05) is 55.5 Å². The van der Waals surface area contributed by atoms with Crippen LogP contribution in [0.15, 0.2) is 72.8 Å². The van der Waals surface area contributed by atoms with Gasteiger partial charge in [0.2, 0.25) is 0 Å². The third-order valence-electron chi connectivity index (χ3n) is 5.27. The molecule has 0 saturated carbocycles. The van der Waals surface area contributed by atoms with Crippen molar-refractivity contribution in [2.75, 3.05) is 14.2 Å². The zero-order chi connectivity index (χ0) is 21.8. The number of hydrogen-bond donors (Lipinski definition) is 1. The molecule has 0 fully saturated rings. The van der Waals surface area contributed by atoms with Crippen molar-refractivity contribution in [2.24, 2.45) is 0 Å². The van der Waals surface area contributed by atoms with E-state index in [-0.39, 0.29) is 11.9 Å². The molecule has 1 aromatic heterocycles. The van der Waals surface area contributed by atoms with Crippen LogP contribution in [-0.2, 0) is 6.54 Å². The summed E-state index contributed by atoms with van der Waals surface area (Å²) in [7, 11) is 3.26. The number of fused-ring (bicyclic) bond motifs is 1. The molecule has 3 aromatic carbocycles. The van der Waals surface area contributed by atoms with Gasteiger partial charge in [0.25, 0.3) is 5.91 Å². The van der Waals surface area contributed by atoms with Crippen LogP contribution in [0.3, 0.4) is 0 Å². The molecule has 0 aliphatic carbocycles. The summed E-state index contributed by atoms with van der Waals surface area (Å²) in [6.45, 7) is 2.59. The molecule has 31 heavy (non-hydrogen) atoms. The zero-order valence-corrected chi connectivity index (χ0v) is 17.8. The predicted molar refractivity (Wildman–Crippen MR) is 121 cm³/mol. The molecule has 0 radical (unpaired) electrons. The summed E-state index contributed by atoms with van der Waals surface area (Å²) in [5, 5.41) is 3.07. The number of nitrogens with zero attached hydrogens (tertiary/aromatic N) is 2. The first-order chi connectivity index (χ1) is 15.1. The van der Waals surface area contributed by atoms with Crippen molar-refractivity contribution < 1.29 is 14.3 Å². The van der Waals surface area contributed by atoms with Gasteiger partial charge in [-0.05, 0) is 61.0 Å². The first kappa shape index (κ1) is 20.5. The van der Waals surface area contributed by atoms with Gasteiger partial charge in [0, 0.05) is 12.1 Å². The molecule has 6 heteroatoms. The molecule has 1 N–H and O–H groups in total. The Kier molecular flexibility index (Phi) is 5.89. The first-order valence-corrected chi connectivity index (χ1v) is 10.1. The third kappa shape index (κ3) is 4.38. The number of carbonyl (C=O) groups excluding carboxylic acids is 1. The van der Waals surface area contributed by atoms with Crippen molar-refractivity contribution in [2.45, 2.75) is 19.5 Å². The van der Waals surface area contributed by atoms with Crippen LogP contribution >= 0.6 is 0 Å². The van der Waals surface area contributed by atoms with E-state index >= 15 is 0 Å². The van der Waals surface area contributed by atoms with Crippen molar-refractivity contribution in [1.82, 2.24) is 14.9 Å². The van der Waals surface area contributed by atoms with Gasteiger partial charge in [-0.2, -0.15) is 0 Å². The van der Waals surface area contributed by atoms with Crippen LogP contribution in [0.5, 0.6) is 11.5 Å². The van der Waals surface area contributed by atoms with Crippen molar-refractivity contribution >= 4 is 16.9 Å². The van der Waals surface area contributed by atoms with E-state index in [9.17, 15) is 4.79 Å². The fraction of sp³-hybridized carbons (Fsp3) is 0.200. The number of para-hydroxylation sites is 2. The largest absolute Gasteiger partial charge is 0.497 e. The number of aromatic nitrogens is 2. The number of ether oxygens (including phenoxy) is 2. The Morgan fingerprint density at radius 1 is 0.935 bits per heavy atom. The minimum Gasteiger partial charge on any atom is -0.497 e. The molecule has 4 rings (SSSR count). The van der Waals surface area contributed by atoms with Crippen LogP contribution in [0.25, 0.3) is 11.0 Å². The second-order valence-corrected chi connectivity index (χ2v) is 7.32. The SMILES string of the molecule is COc1ccc(Cn2c(C(C)NC(=O)c3ccc(OC)cc3)nc3ccccc32)cc1. The van der Waals surface area contributed by atoms with E-state index < -0.39 is 0 Å². The lowest BCUT2D eigenvalue weighted by molar-refractivity contribution is 0.0937. The maximum absolute atomic E-state index is 12.8. The van der Waals surface area contributed by atoms with Crippen molar-refractivity contribution in [3.63, 3.8) is 0 Å². The summed E-state index contributed by atoms with van der Waals surface area (Å²) in [6.07, 6.45) is 0. The summed E-state index contributed by atoms with van der Waals surface area (Å²) < 4.78 is 12.6. The number of benzene rings is 3. The van der Waals surface area contributed by atoms with E-state index in [4.69, 9.17) is 14.5 Å². The molecule has 0 aliphatic rings. The van der Waals surface area contributed by atoms with Crippen molar-refractivity contribution in [3.8, 4) is 11.5 Å². The minimum absolute atomic E-state index is 0.154. The number of hydrogen-bond acceptors (Lipinski definition) is 4. The molecule has 0 bridgehead atoms. The molecular weight excluding hydrogens is 390 g/mol. The molecule has 158 valence electrons. The number of amides is 1. The van der Waals surface area contributed by atoms with Gasteiger partial charge < -0.3 is 19.4 Å². The number of rotatable bonds is 7. The Balaban J connectivity index is 1.62. The lowest BCUT2D eigenvalue weighted by Gasteiger charge is -2.17. The molecule has 1 atom stereocenters. The lowest BCUT2D eigenvalue weighted by Crippen LogP contribution is -2.28. The van der Waals surface area contributed by atoms with Crippen LogP contribution in [0.2, 0.25) is 0 Å². The van der Waals surface area contributed by atoms with Crippen LogP contribution in [-0.4, -0.2) is 29.7 Å². The Bertz CT molecular complexity index is 1180. The van der Waals surface area contributed by atoms with Gasteiger partial charge in [0.05, 0.1) is 31.3 Å². The molecule has 4 aromatic rings. The highest BCUT2D eigenvalue weighted by molar-refractivity contribution is 5.94. The topological polar surface area (TPSA) is 65.4 Å². The summed E-state index contributed by atoms with van der Waals surface area (Å²) in [6, 6.07) is 22.8. The molecule has 0 saturated heterocycles. The second kappa shape index (κ2) is 8.92. The standard InChI is InChI=1S/C25H25N3O3/c1-17(26-25(29)19-10-14-21(31-3)15-11-19)24-27-22-6-4-5-7-23(22)28(24)16-18-8-12-20(30-2)13-9-18/h4-15,17H,16H2,1-3H3,(H,26,29). The Hall–Kier alpha value is -3.80. The molecule has 1 unspecified atom stereocenters. The second-order valence-electron chi connectivity index (χ2n) is 7.32.